The van der Waals surface area contributed by atoms with Crippen molar-refractivity contribution < 1.29 is 4.79 Å². The first kappa shape index (κ1) is 16.0. The Labute approximate surface area is 120 Å². The highest BCUT2D eigenvalue weighted by Gasteiger charge is 2.07. The molecule has 0 aliphatic heterocycles. The van der Waals surface area contributed by atoms with Crippen LogP contribution in [0, 0.1) is 0 Å². The highest BCUT2D eigenvalue weighted by atomic mass is 16.1. The number of benzene rings is 1. The summed E-state index contributed by atoms with van der Waals surface area (Å²) in [7, 11) is 0. The van der Waals surface area contributed by atoms with E-state index in [1.165, 1.54) is 5.56 Å². The summed E-state index contributed by atoms with van der Waals surface area (Å²) >= 11 is 0. The number of nitrogens with zero attached hydrogens (tertiary/aromatic N) is 1. The van der Waals surface area contributed by atoms with Gasteiger partial charge in [0.2, 0.25) is 5.91 Å². The Morgan fingerprint density at radius 3 is 2.40 bits per heavy atom. The lowest BCUT2D eigenvalue weighted by Crippen LogP contribution is -2.39. The van der Waals surface area contributed by atoms with Gasteiger partial charge in [-0.15, -0.1) is 0 Å². The third-order valence-corrected chi connectivity index (χ3v) is 2.75. The second-order valence-corrected chi connectivity index (χ2v) is 4.43. The number of hydrogen-bond acceptors (Lipinski definition) is 2. The first-order valence-corrected chi connectivity index (χ1v) is 7.03. The smallest absolute Gasteiger partial charge is 0.241 e. The first-order valence-electron chi connectivity index (χ1n) is 7.03. The number of hydrogen-bond donors (Lipinski definition) is 3. The van der Waals surface area contributed by atoms with Crippen molar-refractivity contribution in [3.8, 4) is 0 Å². The molecule has 0 aliphatic carbocycles. The van der Waals surface area contributed by atoms with Gasteiger partial charge in [0.25, 0.3) is 0 Å². The van der Waals surface area contributed by atoms with Crippen molar-refractivity contribution in [1.82, 2.24) is 16.0 Å². The fraction of sp³-hybridized carbons (Fsp3) is 0.467. The Hall–Kier alpha value is -2.04. The van der Waals surface area contributed by atoms with E-state index < -0.39 is 0 Å². The van der Waals surface area contributed by atoms with Gasteiger partial charge in [-0.05, 0) is 26.3 Å². The van der Waals surface area contributed by atoms with Gasteiger partial charge in [-0.2, -0.15) is 0 Å². The second-order valence-electron chi connectivity index (χ2n) is 4.43. The third kappa shape index (κ3) is 5.73. The molecule has 0 heterocycles. The molecule has 0 aromatic heterocycles. The summed E-state index contributed by atoms with van der Waals surface area (Å²) in [5.41, 5.74) is 1.18. The van der Waals surface area contributed by atoms with Gasteiger partial charge in [0, 0.05) is 13.1 Å². The summed E-state index contributed by atoms with van der Waals surface area (Å²) in [4.78, 5) is 15.7. The molecule has 5 nitrogen and oxygen atoms in total. The van der Waals surface area contributed by atoms with Crippen LogP contribution in [0.4, 0.5) is 0 Å². The normalized spacial score (nSPS) is 12.7. The van der Waals surface area contributed by atoms with Crippen LogP contribution in [0.25, 0.3) is 0 Å². The fourth-order valence-corrected chi connectivity index (χ4v) is 1.75. The number of amides is 1. The minimum Gasteiger partial charge on any atom is -0.357 e. The summed E-state index contributed by atoms with van der Waals surface area (Å²) < 4.78 is 0. The highest BCUT2D eigenvalue weighted by molar-refractivity contribution is 5.85. The average molecular weight is 276 g/mol. The maximum atomic E-state index is 11.4. The maximum Gasteiger partial charge on any atom is 0.241 e. The van der Waals surface area contributed by atoms with E-state index in [9.17, 15) is 4.79 Å². The van der Waals surface area contributed by atoms with E-state index in [1.54, 1.807) is 0 Å². The van der Waals surface area contributed by atoms with Crippen LogP contribution in [0.2, 0.25) is 0 Å². The van der Waals surface area contributed by atoms with Crippen molar-refractivity contribution in [3.05, 3.63) is 35.9 Å². The van der Waals surface area contributed by atoms with Crippen molar-refractivity contribution >= 4 is 11.9 Å². The van der Waals surface area contributed by atoms with Gasteiger partial charge < -0.3 is 16.0 Å². The molecule has 5 heteroatoms. The van der Waals surface area contributed by atoms with Gasteiger partial charge in [0.05, 0.1) is 6.04 Å². The number of guanidine groups is 1. The van der Waals surface area contributed by atoms with Gasteiger partial charge in [-0.25, -0.2) is 4.99 Å². The number of carbonyl (C=O) groups excluding carboxylic acids is 1. The lowest BCUT2D eigenvalue weighted by Gasteiger charge is -2.18. The van der Waals surface area contributed by atoms with Crippen LogP contribution in [0.3, 0.4) is 0 Å². The molecule has 0 aliphatic rings. The molecule has 0 saturated carbocycles. The van der Waals surface area contributed by atoms with Crippen LogP contribution in [0.5, 0.6) is 0 Å². The molecule has 3 N–H and O–H groups in total. The summed E-state index contributed by atoms with van der Waals surface area (Å²) in [5.74, 6) is 0.576. The summed E-state index contributed by atoms with van der Waals surface area (Å²) in [6, 6.07) is 10.3. The Morgan fingerprint density at radius 2 is 1.80 bits per heavy atom. The Bertz CT molecular complexity index is 431. The Kier molecular flexibility index (Phi) is 7.17. The average Bonchev–Trinajstić information content (AvgIpc) is 2.46. The molecule has 1 amide bonds. The molecule has 0 spiro atoms. The van der Waals surface area contributed by atoms with E-state index in [4.69, 9.17) is 0 Å². The predicted octanol–water partition coefficient (Wildman–Crippen LogP) is 1.44. The standard InChI is InChI=1S/C15H24N4O/c1-4-16-14(20)11-18-15(17-5-2)19-12(3)13-9-7-6-8-10-13/h6-10,12H,4-5,11H2,1-3H3,(H,16,20)(H2,17,18,19). The topological polar surface area (TPSA) is 65.5 Å². The fourth-order valence-electron chi connectivity index (χ4n) is 1.75. The summed E-state index contributed by atoms with van der Waals surface area (Å²) in [5, 5.41) is 9.16. The van der Waals surface area contributed by atoms with Crippen molar-refractivity contribution in [2.45, 2.75) is 26.8 Å². The molecule has 1 unspecified atom stereocenters. The van der Waals surface area contributed by atoms with E-state index >= 15 is 0 Å². The summed E-state index contributed by atoms with van der Waals surface area (Å²) in [6.45, 7) is 7.46. The SMILES string of the molecule is CCNC(=O)CN=C(NCC)NC(C)c1ccccc1. The van der Waals surface area contributed by atoms with E-state index in [-0.39, 0.29) is 18.5 Å². The van der Waals surface area contributed by atoms with Gasteiger partial charge >= 0.3 is 0 Å². The molecular formula is C15H24N4O. The van der Waals surface area contributed by atoms with Crippen LogP contribution < -0.4 is 16.0 Å². The van der Waals surface area contributed by atoms with Crippen molar-refractivity contribution in [2.24, 2.45) is 4.99 Å². The molecule has 1 rings (SSSR count). The van der Waals surface area contributed by atoms with Crippen LogP contribution in [0.1, 0.15) is 32.4 Å². The molecule has 1 aromatic carbocycles. The molecular weight excluding hydrogens is 252 g/mol. The predicted molar refractivity (Wildman–Crippen MR) is 82.7 cm³/mol. The molecule has 1 aromatic rings. The largest absolute Gasteiger partial charge is 0.357 e. The maximum absolute atomic E-state index is 11.4. The molecule has 20 heavy (non-hydrogen) atoms. The number of rotatable bonds is 6. The van der Waals surface area contributed by atoms with E-state index in [2.05, 4.69) is 40.0 Å². The number of aliphatic imine (C=N–C) groups is 1. The third-order valence-electron chi connectivity index (χ3n) is 2.75. The lowest BCUT2D eigenvalue weighted by molar-refractivity contribution is -0.119. The van der Waals surface area contributed by atoms with Gasteiger partial charge in [0.1, 0.15) is 6.54 Å². The van der Waals surface area contributed by atoms with Crippen LogP contribution in [-0.2, 0) is 4.79 Å². The van der Waals surface area contributed by atoms with Crippen LogP contribution in [-0.4, -0.2) is 31.5 Å². The summed E-state index contributed by atoms with van der Waals surface area (Å²) in [6.07, 6.45) is 0. The molecule has 110 valence electrons. The minimum absolute atomic E-state index is 0.0722. The van der Waals surface area contributed by atoms with Crippen molar-refractivity contribution in [3.63, 3.8) is 0 Å². The molecule has 0 saturated heterocycles. The molecule has 0 bridgehead atoms. The minimum atomic E-state index is -0.0722. The zero-order chi connectivity index (χ0) is 14.8. The lowest BCUT2D eigenvalue weighted by atomic mass is 10.1. The first-order chi connectivity index (χ1) is 9.67. The Morgan fingerprint density at radius 1 is 1.15 bits per heavy atom. The monoisotopic (exact) mass is 276 g/mol. The Balaban J connectivity index is 2.62. The van der Waals surface area contributed by atoms with Crippen molar-refractivity contribution in [1.29, 1.82) is 0 Å². The number of nitrogens with one attached hydrogen (secondary N) is 3. The van der Waals surface area contributed by atoms with Crippen LogP contribution >= 0.6 is 0 Å². The van der Waals surface area contributed by atoms with E-state index in [0.717, 1.165) is 6.54 Å². The van der Waals surface area contributed by atoms with E-state index in [0.29, 0.717) is 12.5 Å². The van der Waals surface area contributed by atoms with E-state index in [1.807, 2.05) is 32.0 Å². The molecule has 0 radical (unpaired) electrons. The second kappa shape index (κ2) is 8.96. The van der Waals surface area contributed by atoms with Crippen molar-refractivity contribution in [2.75, 3.05) is 19.6 Å². The van der Waals surface area contributed by atoms with Gasteiger partial charge in [-0.1, -0.05) is 30.3 Å². The van der Waals surface area contributed by atoms with Gasteiger partial charge in [-0.3, -0.25) is 4.79 Å². The zero-order valence-electron chi connectivity index (χ0n) is 12.4. The molecule has 1 atom stereocenters. The highest BCUT2D eigenvalue weighted by Crippen LogP contribution is 2.10. The quantitative estimate of drug-likeness (QED) is 0.544. The van der Waals surface area contributed by atoms with Gasteiger partial charge in [0.15, 0.2) is 5.96 Å². The zero-order valence-corrected chi connectivity index (χ0v) is 12.4. The number of likely N-dealkylation sites (N-methyl/N-ethyl adjacent to an activating group) is 1. The molecule has 0 fully saturated rings. The number of carbonyl (C=O) groups is 1. The van der Waals surface area contributed by atoms with Crippen LogP contribution in [0.15, 0.2) is 35.3 Å².